The first-order chi connectivity index (χ1) is 10.4. The van der Waals surface area contributed by atoms with Crippen molar-refractivity contribution < 1.29 is 23.5 Å². The van der Waals surface area contributed by atoms with Gasteiger partial charge in [0, 0.05) is 20.2 Å². The number of carbonyl (C=O) groups is 2. The highest BCUT2D eigenvalue weighted by atomic mass is 35.5. The van der Waals surface area contributed by atoms with Gasteiger partial charge in [-0.3, -0.25) is 9.59 Å². The molecule has 0 aliphatic rings. The minimum absolute atomic E-state index is 0.0261. The molecule has 0 saturated carbocycles. The largest absolute Gasteiger partial charge is 0.469 e. The number of carbonyl (C=O) groups excluding carboxylic acids is 2. The molecule has 0 aromatic heterocycles. The molecule has 0 bridgehead atoms. The van der Waals surface area contributed by atoms with Gasteiger partial charge in [0.25, 0.3) is 5.91 Å². The van der Waals surface area contributed by atoms with Gasteiger partial charge < -0.3 is 14.4 Å². The van der Waals surface area contributed by atoms with Crippen molar-refractivity contribution in [3.05, 3.63) is 34.6 Å². The van der Waals surface area contributed by atoms with Crippen molar-refractivity contribution in [1.29, 1.82) is 0 Å². The van der Waals surface area contributed by atoms with Gasteiger partial charge in [-0.1, -0.05) is 24.6 Å². The van der Waals surface area contributed by atoms with Crippen LogP contribution in [0.4, 0.5) is 4.39 Å². The molecule has 22 heavy (non-hydrogen) atoms. The summed E-state index contributed by atoms with van der Waals surface area (Å²) in [5.74, 6) is -2.28. The van der Waals surface area contributed by atoms with Crippen LogP contribution >= 0.6 is 11.6 Å². The van der Waals surface area contributed by atoms with Gasteiger partial charge in [0.1, 0.15) is 5.82 Å². The number of benzene rings is 1. The van der Waals surface area contributed by atoms with Crippen LogP contribution in [0, 0.1) is 11.7 Å². The summed E-state index contributed by atoms with van der Waals surface area (Å²) in [6.45, 7) is 2.18. The van der Waals surface area contributed by atoms with Crippen molar-refractivity contribution in [3.63, 3.8) is 0 Å². The number of amides is 1. The predicted molar refractivity (Wildman–Crippen MR) is 80.4 cm³/mol. The Morgan fingerprint density at radius 1 is 1.36 bits per heavy atom. The Labute approximate surface area is 133 Å². The lowest BCUT2D eigenvalue weighted by Gasteiger charge is -2.25. The molecule has 7 heteroatoms. The van der Waals surface area contributed by atoms with Crippen LogP contribution in [-0.4, -0.2) is 50.7 Å². The highest BCUT2D eigenvalue weighted by molar-refractivity contribution is 6.33. The molecule has 0 aliphatic heterocycles. The maximum absolute atomic E-state index is 13.9. The summed E-state index contributed by atoms with van der Waals surface area (Å²) in [6.07, 6.45) is 0. The second-order valence-electron chi connectivity index (χ2n) is 4.76. The number of ether oxygens (including phenoxy) is 2. The Hall–Kier alpha value is -1.66. The molecule has 1 rings (SSSR count). The molecule has 0 spiro atoms. The Bertz CT molecular complexity index is 518. The first-order valence-corrected chi connectivity index (χ1v) is 7.10. The molecular weight excluding hydrogens is 313 g/mol. The van der Waals surface area contributed by atoms with Crippen LogP contribution in [0.3, 0.4) is 0 Å². The van der Waals surface area contributed by atoms with Crippen LogP contribution in [0.25, 0.3) is 0 Å². The normalized spacial score (nSPS) is 11.9. The summed E-state index contributed by atoms with van der Waals surface area (Å²) in [7, 11) is 2.76. The molecule has 1 amide bonds. The molecule has 0 heterocycles. The Morgan fingerprint density at radius 2 is 2.05 bits per heavy atom. The first kappa shape index (κ1) is 18.4. The van der Waals surface area contributed by atoms with Crippen molar-refractivity contribution in [1.82, 2.24) is 4.90 Å². The highest BCUT2D eigenvalue weighted by Gasteiger charge is 2.25. The van der Waals surface area contributed by atoms with Crippen LogP contribution < -0.4 is 0 Å². The number of methoxy groups -OCH3 is 2. The lowest BCUT2D eigenvalue weighted by molar-refractivity contribution is -0.145. The van der Waals surface area contributed by atoms with E-state index >= 15 is 0 Å². The summed E-state index contributed by atoms with van der Waals surface area (Å²) in [4.78, 5) is 25.4. The zero-order chi connectivity index (χ0) is 16.7. The third kappa shape index (κ3) is 4.68. The van der Waals surface area contributed by atoms with Gasteiger partial charge in [0.15, 0.2) is 0 Å². The first-order valence-electron chi connectivity index (χ1n) is 6.72. The van der Waals surface area contributed by atoms with Crippen molar-refractivity contribution in [2.45, 2.75) is 6.92 Å². The van der Waals surface area contributed by atoms with Crippen LogP contribution in [0.5, 0.6) is 0 Å². The fraction of sp³-hybridized carbons (Fsp3) is 0.467. The van der Waals surface area contributed by atoms with Crippen molar-refractivity contribution in [2.24, 2.45) is 5.92 Å². The monoisotopic (exact) mass is 331 g/mol. The Kier molecular flexibility index (Phi) is 7.27. The van der Waals surface area contributed by atoms with Gasteiger partial charge in [-0.15, -0.1) is 0 Å². The summed E-state index contributed by atoms with van der Waals surface area (Å²) >= 11 is 5.92. The van der Waals surface area contributed by atoms with Gasteiger partial charge >= 0.3 is 5.97 Å². The second kappa shape index (κ2) is 8.70. The minimum Gasteiger partial charge on any atom is -0.469 e. The third-order valence-corrected chi connectivity index (χ3v) is 3.44. The molecule has 0 aliphatic carbocycles. The third-order valence-electron chi connectivity index (χ3n) is 3.13. The Morgan fingerprint density at radius 3 is 2.59 bits per heavy atom. The summed E-state index contributed by atoms with van der Waals surface area (Å²) < 4.78 is 23.5. The number of esters is 1. The lowest BCUT2D eigenvalue weighted by atomic mass is 10.1. The van der Waals surface area contributed by atoms with Gasteiger partial charge in [0.2, 0.25) is 0 Å². The van der Waals surface area contributed by atoms with E-state index < -0.39 is 23.6 Å². The second-order valence-corrected chi connectivity index (χ2v) is 5.17. The Balaban J connectivity index is 3.00. The molecule has 1 aromatic carbocycles. The molecule has 1 atom stereocenters. The van der Waals surface area contributed by atoms with Gasteiger partial charge in [0.05, 0.1) is 30.2 Å². The molecule has 0 saturated heterocycles. The number of halogens is 2. The molecular formula is C15H19ClFNO4. The number of hydrogen-bond donors (Lipinski definition) is 0. The topological polar surface area (TPSA) is 55.8 Å². The van der Waals surface area contributed by atoms with Crippen LogP contribution in [-0.2, 0) is 14.3 Å². The number of rotatable bonds is 7. The van der Waals surface area contributed by atoms with E-state index in [1.807, 2.05) is 0 Å². The average Bonchev–Trinajstić information content (AvgIpc) is 2.49. The molecule has 0 radical (unpaired) electrons. The van der Waals surface area contributed by atoms with E-state index in [0.717, 1.165) is 6.07 Å². The SMILES string of the molecule is COCCN(CC(C)C(=O)OC)C(=O)c1c(F)cccc1Cl. The molecule has 0 N–H and O–H groups in total. The van der Waals surface area contributed by atoms with E-state index in [0.29, 0.717) is 0 Å². The number of nitrogens with zero attached hydrogens (tertiary/aromatic N) is 1. The zero-order valence-electron chi connectivity index (χ0n) is 12.8. The van der Waals surface area contributed by atoms with Crippen LogP contribution in [0.15, 0.2) is 18.2 Å². The average molecular weight is 332 g/mol. The maximum Gasteiger partial charge on any atom is 0.310 e. The molecule has 122 valence electrons. The van der Waals surface area contributed by atoms with Crippen LogP contribution in [0.2, 0.25) is 5.02 Å². The lowest BCUT2D eigenvalue weighted by Crippen LogP contribution is -2.39. The van der Waals surface area contributed by atoms with E-state index in [1.54, 1.807) is 6.92 Å². The summed E-state index contributed by atoms with van der Waals surface area (Å²) in [6, 6.07) is 4.03. The summed E-state index contributed by atoms with van der Waals surface area (Å²) in [5, 5.41) is 0.0261. The van der Waals surface area contributed by atoms with Gasteiger partial charge in [-0.05, 0) is 12.1 Å². The van der Waals surface area contributed by atoms with Gasteiger partial charge in [-0.2, -0.15) is 0 Å². The standard InChI is InChI=1S/C15H19ClFNO4/c1-10(15(20)22-3)9-18(7-8-21-2)14(19)13-11(16)5-4-6-12(13)17/h4-6,10H,7-9H2,1-3H3. The molecule has 5 nitrogen and oxygen atoms in total. The fourth-order valence-electron chi connectivity index (χ4n) is 1.94. The quantitative estimate of drug-likeness (QED) is 0.720. The minimum atomic E-state index is -0.703. The predicted octanol–water partition coefficient (Wildman–Crippen LogP) is 2.38. The van der Waals surface area contributed by atoms with Crippen LogP contribution in [0.1, 0.15) is 17.3 Å². The molecule has 1 aromatic rings. The smallest absolute Gasteiger partial charge is 0.310 e. The van der Waals surface area contributed by atoms with Crippen molar-refractivity contribution in [2.75, 3.05) is 33.9 Å². The van der Waals surface area contributed by atoms with E-state index in [9.17, 15) is 14.0 Å². The summed E-state index contributed by atoms with van der Waals surface area (Å²) in [5.41, 5.74) is -0.211. The van der Waals surface area contributed by atoms with E-state index in [2.05, 4.69) is 4.74 Å². The van der Waals surface area contributed by atoms with E-state index in [4.69, 9.17) is 16.3 Å². The highest BCUT2D eigenvalue weighted by Crippen LogP contribution is 2.21. The molecule has 0 fully saturated rings. The zero-order valence-corrected chi connectivity index (χ0v) is 13.5. The maximum atomic E-state index is 13.9. The van der Waals surface area contributed by atoms with Crippen molar-refractivity contribution in [3.8, 4) is 0 Å². The fourth-order valence-corrected chi connectivity index (χ4v) is 2.19. The van der Waals surface area contributed by atoms with E-state index in [1.165, 1.54) is 31.3 Å². The van der Waals surface area contributed by atoms with Crippen molar-refractivity contribution >= 4 is 23.5 Å². The van der Waals surface area contributed by atoms with E-state index in [-0.39, 0.29) is 30.3 Å². The molecule has 1 unspecified atom stereocenters. The number of hydrogen-bond acceptors (Lipinski definition) is 4. The van der Waals surface area contributed by atoms with Gasteiger partial charge in [-0.25, -0.2) is 4.39 Å².